The number of Topliss-reactive ketones (excluding diaryl/α,β-unsaturated/α-hetero) is 1. The Morgan fingerprint density at radius 1 is 1.10 bits per heavy atom. The molecule has 152 valence electrons. The number of amidine groups is 1. The normalized spacial score (nSPS) is 24.8. The molecule has 0 bridgehead atoms. The number of rotatable bonds is 3. The largest absolute Gasteiger partial charge is 0.392 e. The molecule has 29 heavy (non-hydrogen) atoms. The Morgan fingerprint density at radius 3 is 2.41 bits per heavy atom. The van der Waals surface area contributed by atoms with Crippen molar-refractivity contribution in [2.45, 2.75) is 25.8 Å². The van der Waals surface area contributed by atoms with Crippen LogP contribution in [-0.4, -0.2) is 88.6 Å². The van der Waals surface area contributed by atoms with Gasteiger partial charge in [-0.1, -0.05) is 42.2 Å². The predicted molar refractivity (Wildman–Crippen MR) is 108 cm³/mol. The topological polar surface area (TPSA) is 76.3 Å². The zero-order valence-electron chi connectivity index (χ0n) is 17.0. The van der Waals surface area contributed by atoms with Crippen LogP contribution in [0.4, 0.5) is 4.79 Å². The van der Waals surface area contributed by atoms with Crippen molar-refractivity contribution in [3.05, 3.63) is 35.9 Å². The van der Waals surface area contributed by atoms with Crippen LogP contribution in [0.5, 0.6) is 0 Å². The Balaban J connectivity index is 1.73. The number of carbonyl (C=O) groups excluding carboxylic acids is 3. The van der Waals surface area contributed by atoms with Gasteiger partial charge in [-0.2, -0.15) is 0 Å². The zero-order valence-corrected chi connectivity index (χ0v) is 17.0. The maximum absolute atomic E-state index is 13.0. The van der Waals surface area contributed by atoms with Gasteiger partial charge >= 0.3 is 12.0 Å². The maximum atomic E-state index is 13.0. The lowest BCUT2D eigenvalue weighted by Gasteiger charge is -2.33. The number of amides is 3. The number of benzene rings is 1. The van der Waals surface area contributed by atoms with Gasteiger partial charge in [0, 0.05) is 19.7 Å². The van der Waals surface area contributed by atoms with Crippen LogP contribution >= 0.6 is 0 Å². The number of urea groups is 1. The van der Waals surface area contributed by atoms with Crippen LogP contribution in [0.2, 0.25) is 0 Å². The van der Waals surface area contributed by atoms with Gasteiger partial charge in [-0.05, 0) is 18.8 Å². The van der Waals surface area contributed by atoms with Gasteiger partial charge in [0.05, 0.1) is 13.1 Å². The third-order valence-corrected chi connectivity index (χ3v) is 5.99. The van der Waals surface area contributed by atoms with E-state index >= 15 is 0 Å². The molecule has 8 nitrogen and oxygen atoms in total. The third kappa shape index (κ3) is 3.32. The monoisotopic (exact) mass is 396 g/mol. The molecular weight excluding hydrogens is 370 g/mol. The molecule has 0 spiro atoms. The van der Waals surface area contributed by atoms with E-state index in [1.54, 1.807) is 24.1 Å². The van der Waals surface area contributed by atoms with E-state index in [4.69, 9.17) is 4.99 Å². The minimum absolute atomic E-state index is 0.0324. The average molecular weight is 396 g/mol. The van der Waals surface area contributed by atoms with E-state index < -0.39 is 12.1 Å². The van der Waals surface area contributed by atoms with E-state index in [0.717, 1.165) is 30.8 Å². The molecule has 3 aliphatic heterocycles. The minimum Gasteiger partial charge on any atom is -0.291 e. The van der Waals surface area contributed by atoms with Crippen molar-refractivity contribution >= 4 is 29.5 Å². The second-order valence-electron chi connectivity index (χ2n) is 8.00. The molecule has 0 N–H and O–H groups in total. The summed E-state index contributed by atoms with van der Waals surface area (Å²) in [6.45, 7) is 3.89. The van der Waals surface area contributed by atoms with Gasteiger partial charge < -0.3 is 0 Å². The number of aliphatic imine (C=N–C) groups is 1. The number of likely N-dealkylation sites (N-methyl/N-ethyl adjacent to an activating group) is 2. The fourth-order valence-corrected chi connectivity index (χ4v) is 4.08. The smallest absolute Gasteiger partial charge is 0.291 e. The van der Waals surface area contributed by atoms with E-state index in [0.29, 0.717) is 23.3 Å². The quantitative estimate of drug-likeness (QED) is 0.570. The highest BCUT2D eigenvalue weighted by Crippen LogP contribution is 2.25. The van der Waals surface area contributed by atoms with Crippen molar-refractivity contribution in [3.63, 3.8) is 0 Å². The second kappa shape index (κ2) is 7.42. The van der Waals surface area contributed by atoms with Crippen LogP contribution in [0.15, 0.2) is 35.3 Å². The van der Waals surface area contributed by atoms with Gasteiger partial charge in [0.25, 0.3) is 5.91 Å². The summed E-state index contributed by atoms with van der Waals surface area (Å²) in [4.78, 5) is 47.3. The lowest BCUT2D eigenvalue weighted by molar-refractivity contribution is -0.545. The number of hydrogen-bond acceptors (Lipinski definition) is 3. The van der Waals surface area contributed by atoms with E-state index in [1.165, 1.54) is 11.9 Å². The lowest BCUT2D eigenvalue weighted by atomic mass is 10.0. The Kier molecular flexibility index (Phi) is 4.94. The highest BCUT2D eigenvalue weighted by Gasteiger charge is 2.55. The highest BCUT2D eigenvalue weighted by molar-refractivity contribution is 6.25. The molecule has 3 amide bonds. The van der Waals surface area contributed by atoms with Crippen LogP contribution in [0.25, 0.3) is 0 Å². The van der Waals surface area contributed by atoms with Gasteiger partial charge in [-0.3, -0.25) is 24.0 Å². The summed E-state index contributed by atoms with van der Waals surface area (Å²) in [6, 6.07) is 7.88. The molecule has 2 fully saturated rings. The molecule has 3 aliphatic rings. The zero-order chi connectivity index (χ0) is 20.7. The predicted octanol–water partition coefficient (Wildman–Crippen LogP) is 1.27. The molecule has 1 aromatic carbocycles. The molecule has 0 aromatic heterocycles. The first-order chi connectivity index (χ1) is 13.9. The molecule has 0 saturated carbocycles. The van der Waals surface area contributed by atoms with Crippen molar-refractivity contribution in [1.29, 1.82) is 0 Å². The minimum atomic E-state index is -0.760. The van der Waals surface area contributed by atoms with Crippen molar-refractivity contribution < 1.29 is 19.0 Å². The summed E-state index contributed by atoms with van der Waals surface area (Å²) in [5.41, 5.74) is 0.591. The number of fused-ring (bicyclic) bond motifs is 1. The van der Waals surface area contributed by atoms with Gasteiger partial charge in [-0.15, -0.1) is 0 Å². The molecular formula is C21H26N5O3+. The summed E-state index contributed by atoms with van der Waals surface area (Å²) in [5, 5.41) is 0. The summed E-state index contributed by atoms with van der Waals surface area (Å²) in [6.07, 6.45) is 2.06. The second-order valence-corrected chi connectivity index (χ2v) is 8.00. The molecule has 1 unspecified atom stereocenters. The van der Waals surface area contributed by atoms with Gasteiger partial charge in [-0.25, -0.2) is 9.69 Å². The molecule has 2 saturated heterocycles. The van der Waals surface area contributed by atoms with Crippen LogP contribution < -0.4 is 0 Å². The summed E-state index contributed by atoms with van der Waals surface area (Å²) in [7, 11) is 3.09. The first-order valence-electron chi connectivity index (χ1n) is 9.99. The molecule has 1 atom stereocenters. The van der Waals surface area contributed by atoms with Crippen LogP contribution in [0.1, 0.15) is 30.1 Å². The Bertz CT molecular complexity index is 914. The number of nitrogens with zero attached hydrogens (tertiary/aromatic N) is 5. The van der Waals surface area contributed by atoms with Gasteiger partial charge in [0.2, 0.25) is 11.9 Å². The first kappa shape index (κ1) is 19.3. The number of imide groups is 1. The van der Waals surface area contributed by atoms with Crippen molar-refractivity contribution in [3.8, 4) is 0 Å². The van der Waals surface area contributed by atoms with E-state index in [-0.39, 0.29) is 18.2 Å². The molecule has 1 aromatic rings. The molecule has 4 rings (SSSR count). The van der Waals surface area contributed by atoms with E-state index in [9.17, 15) is 14.4 Å². The Labute approximate surface area is 170 Å². The number of guanidine groups is 1. The summed E-state index contributed by atoms with van der Waals surface area (Å²) < 4.78 is 2.13. The summed E-state index contributed by atoms with van der Waals surface area (Å²) in [5.74, 6) is 1.21. The van der Waals surface area contributed by atoms with E-state index in [2.05, 4.69) is 11.5 Å². The Hall–Kier alpha value is -3.03. The Morgan fingerprint density at radius 2 is 1.76 bits per heavy atom. The molecule has 0 aliphatic carbocycles. The average Bonchev–Trinajstić information content (AvgIpc) is 3.11. The number of piperidine rings is 1. The van der Waals surface area contributed by atoms with Gasteiger partial charge in [0.1, 0.15) is 6.54 Å². The molecule has 3 heterocycles. The fraction of sp³-hybridized carbons (Fsp3) is 0.476. The fourth-order valence-electron chi connectivity index (χ4n) is 4.08. The van der Waals surface area contributed by atoms with E-state index in [1.807, 2.05) is 18.2 Å². The summed E-state index contributed by atoms with van der Waals surface area (Å²) >= 11 is 0. The molecule has 0 radical (unpaired) electrons. The van der Waals surface area contributed by atoms with Crippen molar-refractivity contribution in [2.24, 2.45) is 10.9 Å². The van der Waals surface area contributed by atoms with Crippen molar-refractivity contribution in [1.82, 2.24) is 14.7 Å². The number of ketones is 1. The number of hydrogen-bond donors (Lipinski definition) is 0. The SMILES string of the molecule is CC1CC[N+](=C2N=C3C(C(=O)N(C)C(=O)N3C)N2CC(=O)c2ccccc2)CC1. The molecule has 8 heteroatoms. The van der Waals surface area contributed by atoms with Crippen LogP contribution in [0.3, 0.4) is 0 Å². The van der Waals surface area contributed by atoms with Crippen molar-refractivity contribution in [2.75, 3.05) is 33.7 Å². The highest BCUT2D eigenvalue weighted by atomic mass is 16.2. The lowest BCUT2D eigenvalue weighted by Crippen LogP contribution is -2.63. The van der Waals surface area contributed by atoms with Crippen LogP contribution in [0, 0.1) is 5.92 Å². The van der Waals surface area contributed by atoms with Gasteiger partial charge in [0.15, 0.2) is 5.78 Å². The standard InChI is InChI=1S/C21H26N5O3/c1-14-9-11-25(12-10-14)20-22-18-17(19(28)24(3)21(29)23(18)2)26(20)13-16(27)15-7-5-4-6-8-15/h4-8,14,17H,9-13H2,1-3H3/q+1. The maximum Gasteiger partial charge on any atom is 0.392 e. The van der Waals surface area contributed by atoms with Crippen LogP contribution in [-0.2, 0) is 4.79 Å². The first-order valence-corrected chi connectivity index (χ1v) is 9.99. The third-order valence-electron chi connectivity index (χ3n) is 5.99. The number of carbonyl (C=O) groups is 3.